The Morgan fingerprint density at radius 3 is 2.42 bits per heavy atom. The maximum Gasteiger partial charge on any atom is 0.422 e. The van der Waals surface area contributed by atoms with Crippen LogP contribution < -0.4 is 10.1 Å². The number of ether oxygens (including phenoxy) is 2. The third-order valence-electron chi connectivity index (χ3n) is 4.96. The lowest BCUT2D eigenvalue weighted by molar-refractivity contribution is -0.308. The van der Waals surface area contributed by atoms with E-state index in [9.17, 15) is 13.2 Å². The van der Waals surface area contributed by atoms with Gasteiger partial charge in [-0.15, -0.1) is 0 Å². The summed E-state index contributed by atoms with van der Waals surface area (Å²) < 4.78 is 53.7. The van der Waals surface area contributed by atoms with E-state index in [1.807, 2.05) is 0 Å². The fourth-order valence-corrected chi connectivity index (χ4v) is 3.73. The molecule has 26 heavy (non-hydrogen) atoms. The molecule has 1 N–H and O–H groups in total. The van der Waals surface area contributed by atoms with E-state index in [0.29, 0.717) is 29.8 Å². The first kappa shape index (κ1) is 17.5. The van der Waals surface area contributed by atoms with E-state index in [-0.39, 0.29) is 10.6 Å². The molecule has 3 nitrogen and oxygen atoms in total. The quantitative estimate of drug-likeness (QED) is 0.742. The molecule has 7 heteroatoms. The van der Waals surface area contributed by atoms with Gasteiger partial charge in [0, 0.05) is 27.8 Å². The van der Waals surface area contributed by atoms with Crippen molar-refractivity contribution in [2.24, 2.45) is 5.92 Å². The molecule has 0 saturated heterocycles. The van der Waals surface area contributed by atoms with Gasteiger partial charge in [0.15, 0.2) is 11.8 Å². The summed E-state index contributed by atoms with van der Waals surface area (Å²) >= 11 is 6.00. The molecular formula is C19H17ClF3NO2. The zero-order chi connectivity index (χ0) is 18.5. The summed E-state index contributed by atoms with van der Waals surface area (Å²) in [5.74, 6) is 0.0172. The minimum atomic E-state index is -4.56. The van der Waals surface area contributed by atoms with Crippen LogP contribution in [0, 0.1) is 5.92 Å². The van der Waals surface area contributed by atoms with Gasteiger partial charge < -0.3 is 14.8 Å². The van der Waals surface area contributed by atoms with Gasteiger partial charge in [0.25, 0.3) is 0 Å². The van der Waals surface area contributed by atoms with E-state index in [2.05, 4.69) is 5.32 Å². The normalized spacial score (nSPS) is 25.3. The lowest BCUT2D eigenvalue weighted by Gasteiger charge is -2.44. The van der Waals surface area contributed by atoms with Gasteiger partial charge >= 0.3 is 6.18 Å². The molecule has 1 saturated carbocycles. The first-order chi connectivity index (χ1) is 12.3. The number of hydrogen-bond donors (Lipinski definition) is 1. The number of halogens is 4. The van der Waals surface area contributed by atoms with Crippen LogP contribution in [0.4, 0.5) is 18.9 Å². The van der Waals surface area contributed by atoms with Gasteiger partial charge in [-0.05, 0) is 43.2 Å². The fraction of sp³-hybridized carbons (Fsp3) is 0.368. The van der Waals surface area contributed by atoms with E-state index in [1.165, 1.54) is 13.2 Å². The van der Waals surface area contributed by atoms with E-state index in [4.69, 9.17) is 21.1 Å². The summed E-state index contributed by atoms with van der Waals surface area (Å²) in [5, 5.41) is 3.32. The molecule has 2 aromatic carbocycles. The molecule has 0 aromatic heterocycles. The third kappa shape index (κ3) is 2.72. The van der Waals surface area contributed by atoms with Crippen molar-refractivity contribution in [3.05, 3.63) is 58.6 Å². The van der Waals surface area contributed by atoms with E-state index < -0.39 is 23.9 Å². The number of nitrogens with one attached hydrogen (secondary N) is 1. The highest BCUT2D eigenvalue weighted by molar-refractivity contribution is 6.30. The highest BCUT2D eigenvalue weighted by Crippen LogP contribution is 2.61. The molecule has 0 bridgehead atoms. The van der Waals surface area contributed by atoms with Crippen LogP contribution in [0.5, 0.6) is 5.75 Å². The number of benzene rings is 2. The lowest BCUT2D eigenvalue weighted by Crippen LogP contribution is -2.51. The Hall–Kier alpha value is -1.92. The first-order valence-corrected chi connectivity index (χ1v) is 8.68. The average Bonchev–Trinajstić information content (AvgIpc) is 3.45. The monoisotopic (exact) mass is 383 g/mol. The number of rotatable bonds is 3. The Bertz CT molecular complexity index is 821. The number of hydrogen-bond acceptors (Lipinski definition) is 3. The Morgan fingerprint density at radius 1 is 1.15 bits per heavy atom. The van der Waals surface area contributed by atoms with Crippen molar-refractivity contribution in [1.29, 1.82) is 0 Å². The predicted octanol–water partition coefficient (Wildman–Crippen LogP) is 5.66. The first-order valence-electron chi connectivity index (χ1n) is 8.30. The van der Waals surface area contributed by atoms with Crippen LogP contribution in [-0.4, -0.2) is 13.3 Å². The molecule has 138 valence electrons. The van der Waals surface area contributed by atoms with Crippen LogP contribution in [0.15, 0.2) is 42.5 Å². The van der Waals surface area contributed by atoms with Crippen molar-refractivity contribution >= 4 is 17.3 Å². The third-order valence-corrected chi connectivity index (χ3v) is 5.20. The number of alkyl halides is 3. The summed E-state index contributed by atoms with van der Waals surface area (Å²) in [6.07, 6.45) is -4.53. The van der Waals surface area contributed by atoms with Crippen LogP contribution >= 0.6 is 11.6 Å². The summed E-state index contributed by atoms with van der Waals surface area (Å²) in [6.45, 7) is 0. The van der Waals surface area contributed by atoms with Crippen LogP contribution in [0.2, 0.25) is 5.02 Å². The van der Waals surface area contributed by atoms with E-state index in [1.54, 1.807) is 36.4 Å². The molecule has 4 rings (SSSR count). The Kier molecular flexibility index (Phi) is 4.08. The molecule has 0 spiro atoms. The largest absolute Gasteiger partial charge is 0.497 e. The SMILES string of the molecule is COc1ccc(C2Nc3ccc(Cl)cc3[C@@](C3CC3)(C(F)(F)F)O2)cc1. The van der Waals surface area contributed by atoms with Crippen LogP contribution in [0.3, 0.4) is 0 Å². The van der Waals surface area contributed by atoms with Gasteiger partial charge in [0.1, 0.15) is 5.75 Å². The minimum Gasteiger partial charge on any atom is -0.497 e. The topological polar surface area (TPSA) is 30.5 Å². The number of fused-ring (bicyclic) bond motifs is 1. The smallest absolute Gasteiger partial charge is 0.422 e. The van der Waals surface area contributed by atoms with Crippen LogP contribution in [-0.2, 0) is 10.3 Å². The standard InChI is InChI=1S/C19H17ClF3NO2/c1-25-14-7-2-11(3-8-14)17-24-16-9-6-13(20)10-15(16)18(26-17,12-4-5-12)19(21,22)23/h2-3,6-10,12,17,24H,4-5H2,1H3/t17?,18-/m0/s1. The minimum absolute atomic E-state index is 0.0600. The predicted molar refractivity (Wildman–Crippen MR) is 92.4 cm³/mol. The van der Waals surface area contributed by atoms with E-state index >= 15 is 0 Å². The molecule has 2 aromatic rings. The van der Waals surface area contributed by atoms with Crippen molar-refractivity contribution in [2.45, 2.75) is 30.8 Å². The molecule has 1 fully saturated rings. The highest BCUT2D eigenvalue weighted by Gasteiger charge is 2.67. The molecule has 1 heterocycles. The van der Waals surface area contributed by atoms with Gasteiger partial charge in [-0.3, -0.25) is 0 Å². The molecule has 1 aliphatic carbocycles. The Labute approximate surface area is 154 Å². The van der Waals surface area contributed by atoms with Crippen molar-refractivity contribution < 1.29 is 22.6 Å². The zero-order valence-corrected chi connectivity index (χ0v) is 14.7. The molecule has 1 aliphatic heterocycles. The molecule has 2 aliphatic rings. The Morgan fingerprint density at radius 2 is 1.85 bits per heavy atom. The highest BCUT2D eigenvalue weighted by atomic mass is 35.5. The summed E-state index contributed by atoms with van der Waals surface area (Å²) in [4.78, 5) is 0. The Balaban J connectivity index is 1.83. The van der Waals surface area contributed by atoms with Gasteiger partial charge in [-0.2, -0.15) is 13.2 Å². The molecule has 2 atom stereocenters. The second kappa shape index (κ2) is 6.06. The summed E-state index contributed by atoms with van der Waals surface area (Å²) in [7, 11) is 1.53. The van der Waals surface area contributed by atoms with Gasteiger partial charge in [0.2, 0.25) is 0 Å². The molecule has 1 unspecified atom stereocenters. The van der Waals surface area contributed by atoms with Crippen LogP contribution in [0.25, 0.3) is 0 Å². The van der Waals surface area contributed by atoms with Crippen molar-refractivity contribution in [2.75, 3.05) is 12.4 Å². The summed E-state index contributed by atoms with van der Waals surface area (Å²) in [6, 6.07) is 11.3. The molecule has 0 amide bonds. The average molecular weight is 384 g/mol. The number of anilines is 1. The number of methoxy groups -OCH3 is 1. The maximum absolute atomic E-state index is 14.3. The molecular weight excluding hydrogens is 367 g/mol. The van der Waals surface area contributed by atoms with Crippen molar-refractivity contribution in [3.8, 4) is 5.75 Å². The van der Waals surface area contributed by atoms with Crippen molar-refractivity contribution in [3.63, 3.8) is 0 Å². The summed E-state index contributed by atoms with van der Waals surface area (Å²) in [5.41, 5.74) is -1.31. The van der Waals surface area contributed by atoms with Gasteiger partial charge in [-0.25, -0.2) is 0 Å². The lowest BCUT2D eigenvalue weighted by atomic mass is 9.84. The maximum atomic E-state index is 14.3. The zero-order valence-electron chi connectivity index (χ0n) is 13.9. The van der Waals surface area contributed by atoms with Gasteiger partial charge in [-0.1, -0.05) is 23.7 Å². The molecule has 0 radical (unpaired) electrons. The van der Waals surface area contributed by atoms with Gasteiger partial charge in [0.05, 0.1) is 7.11 Å². The second-order valence-corrected chi connectivity index (χ2v) is 7.05. The second-order valence-electron chi connectivity index (χ2n) is 6.61. The van der Waals surface area contributed by atoms with E-state index in [0.717, 1.165) is 0 Å². The fourth-order valence-electron chi connectivity index (χ4n) is 3.56. The van der Waals surface area contributed by atoms with Crippen molar-refractivity contribution in [1.82, 2.24) is 0 Å². The van der Waals surface area contributed by atoms with Crippen LogP contribution in [0.1, 0.15) is 30.2 Å².